The van der Waals surface area contributed by atoms with Gasteiger partial charge in [-0.05, 0) is 37.5 Å². The number of anilines is 2. The molecule has 1 aliphatic rings. The number of hydrogen-bond acceptors (Lipinski definition) is 6. The van der Waals surface area contributed by atoms with Crippen molar-refractivity contribution >= 4 is 17.2 Å². The predicted molar refractivity (Wildman–Crippen MR) is 96.9 cm³/mol. The van der Waals surface area contributed by atoms with E-state index < -0.39 is 0 Å². The molecule has 1 fully saturated rings. The van der Waals surface area contributed by atoms with Crippen LogP contribution in [0.15, 0.2) is 36.5 Å². The summed E-state index contributed by atoms with van der Waals surface area (Å²) in [5.74, 6) is 0.857. The third kappa shape index (κ3) is 4.06. The molecule has 1 aliphatic heterocycles. The zero-order chi connectivity index (χ0) is 17.8. The van der Waals surface area contributed by atoms with Crippen molar-refractivity contribution in [3.8, 4) is 0 Å². The first-order chi connectivity index (χ1) is 12.0. The number of nitrogens with one attached hydrogen (secondary N) is 1. The van der Waals surface area contributed by atoms with Crippen LogP contribution in [0.2, 0.25) is 0 Å². The standard InChI is InChI=1S/C18H22N4O3/c1-13-4-5-14(11-17(13)22(24)25)12-20-16-3-2-8-19-18(16)21-9-6-15(23)7-10-21/h2-5,8,11,15,20,23H,6-7,9-10,12H2,1H3. The summed E-state index contributed by atoms with van der Waals surface area (Å²) in [6.07, 6.45) is 2.99. The van der Waals surface area contributed by atoms with Gasteiger partial charge in [-0.2, -0.15) is 0 Å². The second kappa shape index (κ2) is 7.48. The highest BCUT2D eigenvalue weighted by Crippen LogP contribution is 2.27. The Kier molecular flexibility index (Phi) is 5.14. The summed E-state index contributed by atoms with van der Waals surface area (Å²) in [5, 5.41) is 24.1. The van der Waals surface area contributed by atoms with Crippen LogP contribution in [-0.2, 0) is 6.54 Å². The van der Waals surface area contributed by atoms with Gasteiger partial charge in [-0.25, -0.2) is 4.98 Å². The van der Waals surface area contributed by atoms with Gasteiger partial charge in [0.05, 0.1) is 16.7 Å². The van der Waals surface area contributed by atoms with Gasteiger partial charge in [-0.1, -0.05) is 12.1 Å². The normalized spacial score (nSPS) is 15.2. The van der Waals surface area contributed by atoms with E-state index in [2.05, 4.69) is 15.2 Å². The molecule has 2 aromatic rings. The molecular weight excluding hydrogens is 320 g/mol. The number of rotatable bonds is 5. The van der Waals surface area contributed by atoms with Gasteiger partial charge in [0.1, 0.15) is 0 Å². The quantitative estimate of drug-likeness (QED) is 0.641. The van der Waals surface area contributed by atoms with Crippen molar-refractivity contribution in [1.29, 1.82) is 0 Å². The second-order valence-electron chi connectivity index (χ2n) is 6.32. The van der Waals surface area contributed by atoms with Gasteiger partial charge >= 0.3 is 0 Å². The number of nitro benzene ring substituents is 1. The fourth-order valence-corrected chi connectivity index (χ4v) is 3.02. The van der Waals surface area contributed by atoms with Gasteiger partial charge in [-0.3, -0.25) is 10.1 Å². The van der Waals surface area contributed by atoms with Crippen molar-refractivity contribution < 1.29 is 10.0 Å². The van der Waals surface area contributed by atoms with Gasteiger partial charge in [0.2, 0.25) is 0 Å². The van der Waals surface area contributed by atoms with Gasteiger partial charge < -0.3 is 15.3 Å². The summed E-state index contributed by atoms with van der Waals surface area (Å²) in [6.45, 7) is 3.75. The summed E-state index contributed by atoms with van der Waals surface area (Å²) in [7, 11) is 0. The van der Waals surface area contributed by atoms with Crippen LogP contribution >= 0.6 is 0 Å². The van der Waals surface area contributed by atoms with Crippen LogP contribution in [0.3, 0.4) is 0 Å². The van der Waals surface area contributed by atoms with E-state index in [4.69, 9.17) is 0 Å². The Morgan fingerprint density at radius 1 is 1.36 bits per heavy atom. The molecule has 0 aliphatic carbocycles. The molecule has 7 heteroatoms. The third-order valence-electron chi connectivity index (χ3n) is 4.50. The van der Waals surface area contributed by atoms with Crippen molar-refractivity contribution in [2.75, 3.05) is 23.3 Å². The molecule has 0 atom stereocenters. The lowest BCUT2D eigenvalue weighted by Crippen LogP contribution is -2.36. The van der Waals surface area contributed by atoms with Crippen LogP contribution in [-0.4, -0.2) is 34.2 Å². The van der Waals surface area contributed by atoms with E-state index in [9.17, 15) is 15.2 Å². The molecule has 1 aromatic heterocycles. The molecule has 3 rings (SSSR count). The van der Waals surface area contributed by atoms with Crippen molar-refractivity contribution in [1.82, 2.24) is 4.98 Å². The first-order valence-corrected chi connectivity index (χ1v) is 8.40. The van der Waals surface area contributed by atoms with Crippen molar-refractivity contribution in [2.45, 2.75) is 32.4 Å². The molecule has 0 saturated carbocycles. The maximum absolute atomic E-state index is 11.1. The van der Waals surface area contributed by atoms with Crippen LogP contribution < -0.4 is 10.2 Å². The molecule has 0 spiro atoms. The lowest BCUT2D eigenvalue weighted by atomic mass is 10.1. The number of aryl methyl sites for hydroxylation is 1. The number of nitro groups is 1. The van der Waals surface area contributed by atoms with E-state index in [-0.39, 0.29) is 16.7 Å². The molecule has 7 nitrogen and oxygen atoms in total. The van der Waals surface area contributed by atoms with Gasteiger partial charge in [0, 0.05) is 37.5 Å². The van der Waals surface area contributed by atoms with Crippen LogP contribution in [0.1, 0.15) is 24.0 Å². The third-order valence-corrected chi connectivity index (χ3v) is 4.50. The van der Waals surface area contributed by atoms with Crippen LogP contribution in [0.25, 0.3) is 0 Å². The van der Waals surface area contributed by atoms with Gasteiger partial charge in [0.15, 0.2) is 5.82 Å². The first kappa shape index (κ1) is 17.2. The van der Waals surface area contributed by atoms with Crippen LogP contribution in [0, 0.1) is 17.0 Å². The summed E-state index contributed by atoms with van der Waals surface area (Å²) in [6, 6.07) is 9.09. The molecule has 2 heterocycles. The number of aliphatic hydroxyl groups is 1. The van der Waals surface area contributed by atoms with E-state index in [1.165, 1.54) is 0 Å². The monoisotopic (exact) mass is 342 g/mol. The molecule has 2 N–H and O–H groups in total. The van der Waals surface area contributed by atoms with E-state index in [1.54, 1.807) is 25.3 Å². The predicted octanol–water partition coefficient (Wildman–Crippen LogP) is 2.87. The van der Waals surface area contributed by atoms with Crippen LogP contribution in [0.4, 0.5) is 17.2 Å². The number of aliphatic hydroxyl groups excluding tert-OH is 1. The van der Waals surface area contributed by atoms with Gasteiger partial charge in [-0.15, -0.1) is 0 Å². The SMILES string of the molecule is Cc1ccc(CNc2cccnc2N2CCC(O)CC2)cc1[N+](=O)[O-]. The molecule has 1 saturated heterocycles. The van der Waals surface area contributed by atoms with Crippen molar-refractivity contribution in [2.24, 2.45) is 0 Å². The Balaban J connectivity index is 1.74. The molecule has 0 amide bonds. The van der Waals surface area contributed by atoms with Crippen LogP contribution in [0.5, 0.6) is 0 Å². The zero-order valence-electron chi connectivity index (χ0n) is 14.2. The fraction of sp³-hybridized carbons (Fsp3) is 0.389. The first-order valence-electron chi connectivity index (χ1n) is 8.40. The Hall–Kier alpha value is -2.67. The highest BCUT2D eigenvalue weighted by Gasteiger charge is 2.20. The van der Waals surface area contributed by atoms with Crippen molar-refractivity contribution in [3.63, 3.8) is 0 Å². The lowest BCUT2D eigenvalue weighted by molar-refractivity contribution is -0.385. The Bertz CT molecular complexity index is 758. The minimum absolute atomic E-state index is 0.135. The molecule has 0 radical (unpaired) electrons. The Morgan fingerprint density at radius 3 is 2.84 bits per heavy atom. The Morgan fingerprint density at radius 2 is 2.12 bits per heavy atom. The fourth-order valence-electron chi connectivity index (χ4n) is 3.02. The molecule has 132 valence electrons. The maximum Gasteiger partial charge on any atom is 0.272 e. The molecule has 0 unspecified atom stereocenters. The topological polar surface area (TPSA) is 91.5 Å². The summed E-state index contributed by atoms with van der Waals surface area (Å²) in [5.41, 5.74) is 2.53. The second-order valence-corrected chi connectivity index (χ2v) is 6.32. The number of pyridine rings is 1. The van der Waals surface area contributed by atoms with E-state index in [1.807, 2.05) is 18.2 Å². The largest absolute Gasteiger partial charge is 0.393 e. The number of aromatic nitrogens is 1. The molecular formula is C18H22N4O3. The van der Waals surface area contributed by atoms with E-state index >= 15 is 0 Å². The van der Waals surface area contributed by atoms with Gasteiger partial charge in [0.25, 0.3) is 5.69 Å². The summed E-state index contributed by atoms with van der Waals surface area (Å²) in [4.78, 5) is 17.4. The van der Waals surface area contributed by atoms with E-state index in [0.29, 0.717) is 12.1 Å². The minimum atomic E-state index is -0.354. The Labute approximate surface area is 146 Å². The smallest absolute Gasteiger partial charge is 0.272 e. The molecule has 25 heavy (non-hydrogen) atoms. The zero-order valence-corrected chi connectivity index (χ0v) is 14.2. The number of piperidine rings is 1. The summed E-state index contributed by atoms with van der Waals surface area (Å²) >= 11 is 0. The molecule has 1 aromatic carbocycles. The highest BCUT2D eigenvalue weighted by atomic mass is 16.6. The highest BCUT2D eigenvalue weighted by molar-refractivity contribution is 5.65. The maximum atomic E-state index is 11.1. The number of benzene rings is 1. The number of nitrogens with zero attached hydrogens (tertiary/aromatic N) is 3. The average molecular weight is 342 g/mol. The lowest BCUT2D eigenvalue weighted by Gasteiger charge is -2.31. The molecule has 0 bridgehead atoms. The van der Waals surface area contributed by atoms with Crippen molar-refractivity contribution in [3.05, 3.63) is 57.8 Å². The number of hydrogen-bond donors (Lipinski definition) is 2. The van der Waals surface area contributed by atoms with E-state index in [0.717, 1.165) is 43.0 Å². The average Bonchev–Trinajstić information content (AvgIpc) is 2.62. The summed E-state index contributed by atoms with van der Waals surface area (Å²) < 4.78 is 0. The minimum Gasteiger partial charge on any atom is -0.393 e.